The van der Waals surface area contributed by atoms with E-state index in [0.717, 1.165) is 4.90 Å². The quantitative estimate of drug-likeness (QED) is 0.356. The Morgan fingerprint density at radius 1 is 1.00 bits per heavy atom. The molecular weight excluding hydrogens is 486 g/mol. The Balaban J connectivity index is 1.85. The van der Waals surface area contributed by atoms with Crippen molar-refractivity contribution in [2.75, 3.05) is 17.8 Å². The number of aliphatic hydroxyl groups excluding tert-OH is 1. The Morgan fingerprint density at radius 2 is 1.63 bits per heavy atom. The molecule has 1 heterocycles. The van der Waals surface area contributed by atoms with Crippen LogP contribution in [0.25, 0.3) is 0 Å². The number of carbonyl (C=O) groups is 2. The second-order valence-electron chi connectivity index (χ2n) is 7.65. The topological polar surface area (TPSA) is 101 Å². The summed E-state index contributed by atoms with van der Waals surface area (Å²) < 4.78 is 32.3. The van der Waals surface area contributed by atoms with Gasteiger partial charge in [0.2, 0.25) is 9.84 Å². The molecule has 1 aliphatic rings. The van der Waals surface area contributed by atoms with E-state index in [2.05, 4.69) is 0 Å². The highest BCUT2D eigenvalue weighted by molar-refractivity contribution is 7.98. The molecule has 0 saturated carbocycles. The van der Waals surface area contributed by atoms with Crippen LogP contribution in [-0.4, -0.2) is 38.3 Å². The molecule has 0 bridgehead atoms. The molecule has 7 nitrogen and oxygen atoms in total. The lowest BCUT2D eigenvalue weighted by Crippen LogP contribution is -2.31. The number of sulfone groups is 1. The van der Waals surface area contributed by atoms with Crippen molar-refractivity contribution in [1.29, 1.82) is 0 Å². The fraction of sp³-hybridized carbons (Fsp3) is 0.154. The van der Waals surface area contributed by atoms with Crippen LogP contribution in [0.15, 0.2) is 99.3 Å². The van der Waals surface area contributed by atoms with Gasteiger partial charge in [0.05, 0.1) is 17.1 Å². The second-order valence-corrected chi connectivity index (χ2v) is 10.4. The largest absolute Gasteiger partial charge is 0.502 e. The molecule has 4 rings (SSSR count). The average molecular weight is 510 g/mol. The van der Waals surface area contributed by atoms with E-state index in [9.17, 15) is 23.1 Å². The third-order valence-electron chi connectivity index (χ3n) is 5.59. The van der Waals surface area contributed by atoms with Gasteiger partial charge in [-0.05, 0) is 67.3 Å². The number of esters is 1. The number of carbonyl (C=O) groups excluding carboxylic acids is 2. The van der Waals surface area contributed by atoms with Gasteiger partial charge in [0, 0.05) is 10.6 Å². The van der Waals surface area contributed by atoms with E-state index < -0.39 is 33.5 Å². The fourth-order valence-corrected chi connectivity index (χ4v) is 5.96. The van der Waals surface area contributed by atoms with Gasteiger partial charge in [-0.15, -0.1) is 11.8 Å². The smallest absolute Gasteiger partial charge is 0.338 e. The molecule has 0 saturated heterocycles. The van der Waals surface area contributed by atoms with Crippen molar-refractivity contribution in [3.05, 3.63) is 101 Å². The summed E-state index contributed by atoms with van der Waals surface area (Å²) in [4.78, 5) is 27.1. The Labute approximate surface area is 208 Å². The van der Waals surface area contributed by atoms with Gasteiger partial charge in [0.1, 0.15) is 10.9 Å². The van der Waals surface area contributed by atoms with Crippen LogP contribution in [0.3, 0.4) is 0 Å². The van der Waals surface area contributed by atoms with Crippen LogP contribution in [0, 0.1) is 0 Å². The third kappa shape index (κ3) is 4.56. The number of nitrogens with zero attached hydrogens (tertiary/aromatic N) is 1. The summed E-state index contributed by atoms with van der Waals surface area (Å²) in [6.45, 7) is 1.92. The molecular formula is C26H23NO6S2. The number of thioether (sulfide) groups is 1. The zero-order chi connectivity index (χ0) is 25.2. The van der Waals surface area contributed by atoms with Gasteiger partial charge in [0.15, 0.2) is 5.76 Å². The van der Waals surface area contributed by atoms with E-state index in [4.69, 9.17) is 4.74 Å². The lowest BCUT2D eigenvalue weighted by atomic mass is 10.1. The van der Waals surface area contributed by atoms with E-state index in [1.807, 2.05) is 18.4 Å². The highest BCUT2D eigenvalue weighted by Gasteiger charge is 2.47. The van der Waals surface area contributed by atoms with Crippen molar-refractivity contribution in [2.45, 2.75) is 22.8 Å². The maximum absolute atomic E-state index is 13.6. The number of hydrogen-bond donors (Lipinski definition) is 1. The van der Waals surface area contributed by atoms with Crippen molar-refractivity contribution >= 4 is 39.2 Å². The maximum Gasteiger partial charge on any atom is 0.338 e. The zero-order valence-electron chi connectivity index (χ0n) is 19.0. The molecule has 0 aromatic heterocycles. The van der Waals surface area contributed by atoms with Crippen LogP contribution in [0.1, 0.15) is 28.9 Å². The normalized spacial score (nSPS) is 16.0. The number of aliphatic hydroxyl groups is 1. The first-order valence-corrected chi connectivity index (χ1v) is 13.5. The molecule has 9 heteroatoms. The highest BCUT2D eigenvalue weighted by atomic mass is 32.2. The monoisotopic (exact) mass is 509 g/mol. The lowest BCUT2D eigenvalue weighted by Gasteiger charge is -2.27. The molecule has 35 heavy (non-hydrogen) atoms. The number of rotatable bonds is 7. The van der Waals surface area contributed by atoms with E-state index in [1.54, 1.807) is 37.3 Å². The van der Waals surface area contributed by atoms with Crippen LogP contribution < -0.4 is 4.90 Å². The average Bonchev–Trinajstić information content (AvgIpc) is 3.15. The summed E-state index contributed by atoms with van der Waals surface area (Å²) in [5, 5.41) is 10.9. The minimum atomic E-state index is -4.22. The molecule has 1 amide bonds. The maximum atomic E-state index is 13.6. The summed E-state index contributed by atoms with van der Waals surface area (Å²) in [5.41, 5.74) is 1.13. The van der Waals surface area contributed by atoms with E-state index in [0.29, 0.717) is 11.3 Å². The zero-order valence-corrected chi connectivity index (χ0v) is 20.7. The van der Waals surface area contributed by atoms with Crippen LogP contribution in [-0.2, 0) is 19.4 Å². The number of amides is 1. The van der Waals surface area contributed by atoms with Crippen LogP contribution >= 0.6 is 11.8 Å². The fourth-order valence-electron chi connectivity index (χ4n) is 3.91. The number of benzene rings is 3. The Morgan fingerprint density at radius 3 is 2.20 bits per heavy atom. The molecule has 0 radical (unpaired) electrons. The predicted octanol–water partition coefficient (Wildman–Crippen LogP) is 4.92. The van der Waals surface area contributed by atoms with Crippen molar-refractivity contribution in [2.24, 2.45) is 0 Å². The number of hydrogen-bond acceptors (Lipinski definition) is 7. The van der Waals surface area contributed by atoms with Crippen molar-refractivity contribution < 1.29 is 27.9 Å². The lowest BCUT2D eigenvalue weighted by molar-refractivity contribution is -0.117. The molecule has 0 aliphatic carbocycles. The first-order chi connectivity index (χ1) is 16.8. The van der Waals surface area contributed by atoms with Gasteiger partial charge in [-0.1, -0.05) is 30.3 Å². The molecule has 1 N–H and O–H groups in total. The Bertz CT molecular complexity index is 1380. The molecule has 0 spiro atoms. The van der Waals surface area contributed by atoms with Crippen molar-refractivity contribution in [1.82, 2.24) is 0 Å². The molecule has 180 valence electrons. The van der Waals surface area contributed by atoms with Gasteiger partial charge in [-0.3, -0.25) is 9.69 Å². The van der Waals surface area contributed by atoms with E-state index in [-0.39, 0.29) is 22.0 Å². The standard InChI is InChI=1S/C26H23NO6S2/c1-3-33-26(30)18-9-13-19(14-10-18)27-22(17-11-15-20(34-2)16-12-17)24(23(28)25(27)29)35(31,32)21-7-5-4-6-8-21/h4-16,22,28H,3H2,1-2H3/t22-/m1/s1. The molecule has 3 aromatic rings. The molecule has 3 aromatic carbocycles. The van der Waals surface area contributed by atoms with Gasteiger partial charge >= 0.3 is 5.97 Å². The minimum Gasteiger partial charge on any atom is -0.502 e. The number of anilines is 1. The van der Waals surface area contributed by atoms with Gasteiger partial charge in [0.25, 0.3) is 5.91 Å². The van der Waals surface area contributed by atoms with Gasteiger partial charge < -0.3 is 9.84 Å². The minimum absolute atomic E-state index is 0.0282. The first-order valence-electron chi connectivity index (χ1n) is 10.8. The number of ether oxygens (including phenoxy) is 1. The van der Waals surface area contributed by atoms with Gasteiger partial charge in [-0.2, -0.15) is 0 Å². The van der Waals surface area contributed by atoms with Crippen molar-refractivity contribution in [3.63, 3.8) is 0 Å². The summed E-state index contributed by atoms with van der Waals surface area (Å²) in [6.07, 6.45) is 1.92. The molecule has 1 aliphatic heterocycles. The molecule has 0 fully saturated rings. The third-order valence-corrected chi connectivity index (χ3v) is 8.22. The second kappa shape index (κ2) is 9.97. The molecule has 1 atom stereocenters. The summed E-state index contributed by atoms with van der Waals surface area (Å²) in [5.74, 6) is -2.19. The first kappa shape index (κ1) is 24.6. The Kier molecular flexibility index (Phi) is 7.00. The van der Waals surface area contributed by atoms with Crippen LogP contribution in [0.2, 0.25) is 0 Å². The summed E-state index contributed by atoms with van der Waals surface area (Å²) >= 11 is 1.53. The predicted molar refractivity (Wildman–Crippen MR) is 134 cm³/mol. The summed E-state index contributed by atoms with van der Waals surface area (Å²) in [6, 6.07) is 19.8. The highest BCUT2D eigenvalue weighted by Crippen LogP contribution is 2.45. The Hall–Kier alpha value is -3.56. The summed E-state index contributed by atoms with van der Waals surface area (Å²) in [7, 11) is -4.22. The van der Waals surface area contributed by atoms with Crippen LogP contribution in [0.4, 0.5) is 5.69 Å². The van der Waals surface area contributed by atoms with E-state index >= 15 is 0 Å². The SMILES string of the molecule is CCOC(=O)c1ccc(N2C(=O)C(O)=C(S(=O)(=O)c3ccccc3)[C@H]2c2ccc(SC)cc2)cc1. The van der Waals surface area contributed by atoms with E-state index in [1.165, 1.54) is 53.1 Å². The van der Waals surface area contributed by atoms with Crippen molar-refractivity contribution in [3.8, 4) is 0 Å². The molecule has 0 unspecified atom stereocenters. The van der Waals surface area contributed by atoms with Crippen LogP contribution in [0.5, 0.6) is 0 Å². The van der Waals surface area contributed by atoms with Gasteiger partial charge in [-0.25, -0.2) is 13.2 Å².